The molecule has 0 bridgehead atoms. The maximum Gasteiger partial charge on any atom is 0.342 e. The zero-order valence-corrected chi connectivity index (χ0v) is 20.2. The van der Waals surface area contributed by atoms with Gasteiger partial charge in [0.1, 0.15) is 11.3 Å². The summed E-state index contributed by atoms with van der Waals surface area (Å²) >= 11 is 0. The summed E-state index contributed by atoms with van der Waals surface area (Å²) in [4.78, 5) is 21.9. The van der Waals surface area contributed by atoms with Crippen LogP contribution in [0.4, 0.5) is 11.4 Å². The van der Waals surface area contributed by atoms with E-state index in [0.717, 1.165) is 19.3 Å². The van der Waals surface area contributed by atoms with Crippen molar-refractivity contribution < 1.29 is 14.8 Å². The highest BCUT2D eigenvalue weighted by molar-refractivity contribution is 5.95. The Labute approximate surface area is 194 Å². The Morgan fingerprint density at radius 2 is 1.47 bits per heavy atom. The number of aromatic carboxylic acids is 1. The molecule has 2 N–H and O–H groups in total. The molecule has 0 aliphatic rings. The fourth-order valence-corrected chi connectivity index (χ4v) is 4.20. The molecule has 1 aromatic carbocycles. The lowest BCUT2D eigenvalue weighted by atomic mass is 9.96. The average molecular weight is 449 g/mol. The molecule has 0 spiro atoms. The standard InChI is InChI=1S/C26H44N2O4/c1-3-4-5-6-7-8-9-10-11-12-13-17-22(2)18-14-15-21-27-24-20-16-19-23(26(29)30)25(24)28(31)32/h16,19-20,22,27H,3-15,17-18,21H2,1-2H3,(H,29,30). The summed E-state index contributed by atoms with van der Waals surface area (Å²) < 4.78 is 0. The quantitative estimate of drug-likeness (QED) is 0.119. The third-order valence-corrected chi connectivity index (χ3v) is 6.19. The molecule has 0 fully saturated rings. The van der Waals surface area contributed by atoms with Gasteiger partial charge >= 0.3 is 11.7 Å². The summed E-state index contributed by atoms with van der Waals surface area (Å²) in [6.45, 7) is 5.18. The molecule has 1 atom stereocenters. The smallest absolute Gasteiger partial charge is 0.342 e. The number of nitro groups is 1. The number of carbonyl (C=O) groups is 1. The zero-order valence-electron chi connectivity index (χ0n) is 20.2. The molecule has 1 unspecified atom stereocenters. The number of rotatable bonds is 20. The zero-order chi connectivity index (χ0) is 23.6. The maximum atomic E-state index is 11.3. The van der Waals surface area contributed by atoms with E-state index in [9.17, 15) is 14.9 Å². The van der Waals surface area contributed by atoms with E-state index in [2.05, 4.69) is 19.2 Å². The fourth-order valence-electron chi connectivity index (χ4n) is 4.20. The highest BCUT2D eigenvalue weighted by atomic mass is 16.6. The van der Waals surface area contributed by atoms with Crippen LogP contribution in [0.1, 0.15) is 121 Å². The molecule has 6 heteroatoms. The predicted molar refractivity (Wildman–Crippen MR) is 133 cm³/mol. The maximum absolute atomic E-state index is 11.3. The molecule has 1 rings (SSSR count). The molecule has 0 aliphatic carbocycles. The minimum atomic E-state index is -1.28. The topological polar surface area (TPSA) is 92.5 Å². The number of para-hydroxylation sites is 1. The number of carboxylic acids is 1. The lowest BCUT2D eigenvalue weighted by molar-refractivity contribution is -0.384. The van der Waals surface area contributed by atoms with Crippen LogP contribution >= 0.6 is 0 Å². The summed E-state index contributed by atoms with van der Waals surface area (Å²) in [5.41, 5.74) is -0.352. The van der Waals surface area contributed by atoms with Gasteiger partial charge in [0.2, 0.25) is 0 Å². The molecule has 0 radical (unpaired) electrons. The Balaban J connectivity index is 2.08. The van der Waals surface area contributed by atoms with Gasteiger partial charge in [0.15, 0.2) is 0 Å². The highest BCUT2D eigenvalue weighted by Gasteiger charge is 2.23. The molecule has 32 heavy (non-hydrogen) atoms. The molecule has 182 valence electrons. The number of nitrogens with one attached hydrogen (secondary N) is 1. The lowest BCUT2D eigenvalue weighted by Gasteiger charge is -2.12. The molecule has 0 heterocycles. The molecule has 0 saturated heterocycles. The van der Waals surface area contributed by atoms with Crippen LogP contribution in [-0.2, 0) is 0 Å². The van der Waals surface area contributed by atoms with E-state index in [-0.39, 0.29) is 16.9 Å². The summed E-state index contributed by atoms with van der Waals surface area (Å²) in [7, 11) is 0. The number of anilines is 1. The Hall–Kier alpha value is -2.11. The number of hydrogen-bond acceptors (Lipinski definition) is 4. The minimum Gasteiger partial charge on any atom is -0.477 e. The summed E-state index contributed by atoms with van der Waals surface area (Å²) in [6.07, 6.45) is 19.5. The van der Waals surface area contributed by atoms with Crippen LogP contribution in [-0.4, -0.2) is 22.5 Å². The SMILES string of the molecule is CCCCCCCCCCCCCC(C)CCCCNc1cccc(C(=O)O)c1[N+](=O)[O-]. The first-order valence-corrected chi connectivity index (χ1v) is 12.7. The van der Waals surface area contributed by atoms with Gasteiger partial charge in [-0.1, -0.05) is 110 Å². The van der Waals surface area contributed by atoms with Crippen molar-refractivity contribution in [1.29, 1.82) is 0 Å². The van der Waals surface area contributed by atoms with Crippen LogP contribution in [0.15, 0.2) is 18.2 Å². The minimum absolute atomic E-state index is 0.277. The van der Waals surface area contributed by atoms with Gasteiger partial charge in [-0.15, -0.1) is 0 Å². The van der Waals surface area contributed by atoms with Gasteiger partial charge in [0.05, 0.1) is 4.92 Å². The Morgan fingerprint density at radius 1 is 0.938 bits per heavy atom. The van der Waals surface area contributed by atoms with Crippen molar-refractivity contribution in [2.45, 2.75) is 110 Å². The molecule has 0 amide bonds. The first-order chi connectivity index (χ1) is 15.5. The van der Waals surface area contributed by atoms with Crippen LogP contribution in [0.2, 0.25) is 0 Å². The third kappa shape index (κ3) is 12.1. The molecular weight excluding hydrogens is 404 g/mol. The Bertz CT molecular complexity index is 663. The summed E-state index contributed by atoms with van der Waals surface area (Å²) in [5, 5.41) is 23.5. The number of nitro benzene ring substituents is 1. The van der Waals surface area contributed by atoms with Crippen molar-refractivity contribution in [2.75, 3.05) is 11.9 Å². The average Bonchev–Trinajstić information content (AvgIpc) is 2.76. The lowest BCUT2D eigenvalue weighted by Crippen LogP contribution is -2.09. The van der Waals surface area contributed by atoms with Crippen molar-refractivity contribution in [3.63, 3.8) is 0 Å². The Morgan fingerprint density at radius 3 is 2.00 bits per heavy atom. The molecular formula is C26H44N2O4. The van der Waals surface area contributed by atoms with Gasteiger partial charge in [-0.05, 0) is 24.5 Å². The second-order valence-electron chi connectivity index (χ2n) is 9.12. The van der Waals surface area contributed by atoms with Crippen LogP contribution in [0, 0.1) is 16.0 Å². The monoisotopic (exact) mass is 448 g/mol. The number of benzene rings is 1. The predicted octanol–water partition coefficient (Wildman–Crippen LogP) is 8.21. The number of carboxylic acid groups (broad SMARTS) is 1. The number of hydrogen-bond donors (Lipinski definition) is 2. The first kappa shape index (κ1) is 27.9. The Kier molecular flexibility index (Phi) is 15.2. The van der Waals surface area contributed by atoms with Gasteiger partial charge in [-0.3, -0.25) is 10.1 Å². The number of unbranched alkanes of at least 4 members (excludes halogenated alkanes) is 11. The van der Waals surface area contributed by atoms with Gasteiger partial charge in [-0.2, -0.15) is 0 Å². The van der Waals surface area contributed by atoms with E-state index in [0.29, 0.717) is 12.5 Å². The highest BCUT2D eigenvalue weighted by Crippen LogP contribution is 2.28. The van der Waals surface area contributed by atoms with Crippen LogP contribution in [0.5, 0.6) is 0 Å². The van der Waals surface area contributed by atoms with Gasteiger partial charge in [-0.25, -0.2) is 4.79 Å². The largest absolute Gasteiger partial charge is 0.477 e. The van der Waals surface area contributed by atoms with E-state index < -0.39 is 10.9 Å². The van der Waals surface area contributed by atoms with Gasteiger partial charge in [0.25, 0.3) is 0 Å². The number of nitrogens with zero attached hydrogens (tertiary/aromatic N) is 1. The van der Waals surface area contributed by atoms with Crippen molar-refractivity contribution in [3.05, 3.63) is 33.9 Å². The van der Waals surface area contributed by atoms with Crippen LogP contribution < -0.4 is 5.32 Å². The molecule has 0 aliphatic heterocycles. The van der Waals surface area contributed by atoms with E-state index in [4.69, 9.17) is 5.11 Å². The molecule has 0 saturated carbocycles. The van der Waals surface area contributed by atoms with E-state index in [1.165, 1.54) is 89.2 Å². The van der Waals surface area contributed by atoms with Gasteiger partial charge < -0.3 is 10.4 Å². The first-order valence-electron chi connectivity index (χ1n) is 12.7. The second kappa shape index (κ2) is 17.4. The van der Waals surface area contributed by atoms with E-state index >= 15 is 0 Å². The van der Waals surface area contributed by atoms with Crippen LogP contribution in [0.3, 0.4) is 0 Å². The fraction of sp³-hybridized carbons (Fsp3) is 0.731. The van der Waals surface area contributed by atoms with Crippen LogP contribution in [0.25, 0.3) is 0 Å². The molecule has 6 nitrogen and oxygen atoms in total. The van der Waals surface area contributed by atoms with Gasteiger partial charge in [0, 0.05) is 6.54 Å². The second-order valence-corrected chi connectivity index (χ2v) is 9.12. The third-order valence-electron chi connectivity index (χ3n) is 6.19. The molecule has 0 aromatic heterocycles. The summed E-state index contributed by atoms with van der Waals surface area (Å²) in [5.74, 6) is -0.574. The molecule has 1 aromatic rings. The van der Waals surface area contributed by atoms with E-state index in [1.807, 2.05) is 0 Å². The van der Waals surface area contributed by atoms with Crippen molar-refractivity contribution >= 4 is 17.3 Å². The van der Waals surface area contributed by atoms with Crippen molar-refractivity contribution in [2.24, 2.45) is 5.92 Å². The van der Waals surface area contributed by atoms with E-state index in [1.54, 1.807) is 6.07 Å². The normalized spacial score (nSPS) is 11.9. The van der Waals surface area contributed by atoms with Crippen molar-refractivity contribution in [3.8, 4) is 0 Å². The van der Waals surface area contributed by atoms with Crippen molar-refractivity contribution in [1.82, 2.24) is 0 Å². The summed E-state index contributed by atoms with van der Waals surface area (Å²) in [6, 6.07) is 4.37.